The van der Waals surface area contributed by atoms with Crippen LogP contribution in [0.3, 0.4) is 0 Å². The number of nitrogens with zero attached hydrogens (tertiary/aromatic N) is 3. The standard InChI is InChI=1S/C8H14N4O2S/c1-6-10-11-8(12(6)2)15-5-7(14)9-3-4-13/h13H,3-5H2,1-2H3,(H,9,14). The first-order valence-electron chi connectivity index (χ1n) is 4.51. The van der Waals surface area contributed by atoms with Crippen molar-refractivity contribution in [2.24, 2.45) is 7.05 Å². The Labute approximate surface area is 92.1 Å². The van der Waals surface area contributed by atoms with E-state index in [1.165, 1.54) is 11.8 Å². The first-order valence-corrected chi connectivity index (χ1v) is 5.50. The third kappa shape index (κ3) is 3.52. The van der Waals surface area contributed by atoms with Gasteiger partial charge in [-0.05, 0) is 6.92 Å². The Bertz CT molecular complexity index is 339. The second kappa shape index (κ2) is 5.72. The summed E-state index contributed by atoms with van der Waals surface area (Å²) in [6, 6.07) is 0. The van der Waals surface area contributed by atoms with Crippen molar-refractivity contribution < 1.29 is 9.90 Å². The number of hydrogen-bond acceptors (Lipinski definition) is 5. The van der Waals surface area contributed by atoms with Gasteiger partial charge in [0, 0.05) is 13.6 Å². The van der Waals surface area contributed by atoms with Crippen molar-refractivity contribution >= 4 is 17.7 Å². The van der Waals surface area contributed by atoms with Crippen molar-refractivity contribution in [3.63, 3.8) is 0 Å². The fraction of sp³-hybridized carbons (Fsp3) is 0.625. The molecule has 0 fully saturated rings. The van der Waals surface area contributed by atoms with Crippen molar-refractivity contribution in [3.8, 4) is 0 Å². The number of aliphatic hydroxyl groups excluding tert-OH is 1. The maximum absolute atomic E-state index is 11.2. The summed E-state index contributed by atoms with van der Waals surface area (Å²) < 4.78 is 1.82. The number of nitrogens with one attached hydrogen (secondary N) is 1. The van der Waals surface area contributed by atoms with E-state index in [4.69, 9.17) is 5.11 Å². The molecule has 1 aromatic rings. The Morgan fingerprint density at radius 2 is 2.33 bits per heavy atom. The highest BCUT2D eigenvalue weighted by atomic mass is 32.2. The Hall–Kier alpha value is -1.08. The van der Waals surface area contributed by atoms with Gasteiger partial charge in [0.1, 0.15) is 5.82 Å². The van der Waals surface area contributed by atoms with E-state index in [1.807, 2.05) is 18.5 Å². The summed E-state index contributed by atoms with van der Waals surface area (Å²) in [7, 11) is 1.85. The van der Waals surface area contributed by atoms with Crippen LogP contribution in [0.5, 0.6) is 0 Å². The molecular weight excluding hydrogens is 216 g/mol. The van der Waals surface area contributed by atoms with Crippen molar-refractivity contribution in [2.75, 3.05) is 18.9 Å². The molecule has 0 aliphatic rings. The molecule has 1 heterocycles. The van der Waals surface area contributed by atoms with Crippen LogP contribution < -0.4 is 5.32 Å². The molecule has 0 aliphatic heterocycles. The average Bonchev–Trinajstić information content (AvgIpc) is 2.54. The van der Waals surface area contributed by atoms with Gasteiger partial charge in [-0.3, -0.25) is 4.79 Å². The summed E-state index contributed by atoms with van der Waals surface area (Å²) >= 11 is 1.32. The lowest BCUT2D eigenvalue weighted by Gasteiger charge is -2.02. The molecule has 0 unspecified atom stereocenters. The number of aliphatic hydroxyl groups is 1. The Kier molecular flexibility index (Phi) is 4.57. The van der Waals surface area contributed by atoms with E-state index >= 15 is 0 Å². The number of aromatic nitrogens is 3. The van der Waals surface area contributed by atoms with E-state index in [9.17, 15) is 4.79 Å². The molecule has 15 heavy (non-hydrogen) atoms. The number of rotatable bonds is 5. The molecule has 1 amide bonds. The SMILES string of the molecule is Cc1nnc(SCC(=O)NCCO)n1C. The molecule has 0 atom stereocenters. The van der Waals surface area contributed by atoms with Gasteiger partial charge < -0.3 is 15.0 Å². The number of aryl methyl sites for hydroxylation is 1. The lowest BCUT2D eigenvalue weighted by Crippen LogP contribution is -2.28. The summed E-state index contributed by atoms with van der Waals surface area (Å²) in [5, 5.41) is 19.6. The van der Waals surface area contributed by atoms with Gasteiger partial charge >= 0.3 is 0 Å². The van der Waals surface area contributed by atoms with Crippen LogP contribution in [0.4, 0.5) is 0 Å². The zero-order valence-electron chi connectivity index (χ0n) is 8.73. The van der Waals surface area contributed by atoms with Gasteiger partial charge in [0.25, 0.3) is 0 Å². The zero-order valence-corrected chi connectivity index (χ0v) is 9.54. The first-order chi connectivity index (χ1) is 7.15. The summed E-state index contributed by atoms with van der Waals surface area (Å²) in [5.41, 5.74) is 0. The number of thioether (sulfide) groups is 1. The number of carbonyl (C=O) groups excluding carboxylic acids is 1. The molecular formula is C8H14N4O2S. The van der Waals surface area contributed by atoms with Crippen LogP contribution in [-0.4, -0.2) is 44.7 Å². The molecule has 0 bridgehead atoms. The third-order valence-corrected chi connectivity index (χ3v) is 2.84. The summed E-state index contributed by atoms with van der Waals surface area (Å²) in [4.78, 5) is 11.2. The van der Waals surface area contributed by atoms with E-state index in [-0.39, 0.29) is 24.8 Å². The zero-order chi connectivity index (χ0) is 11.3. The molecule has 0 aliphatic carbocycles. The van der Waals surface area contributed by atoms with Crippen LogP contribution in [0.25, 0.3) is 0 Å². The number of hydrogen-bond donors (Lipinski definition) is 2. The minimum atomic E-state index is -0.116. The summed E-state index contributed by atoms with van der Waals surface area (Å²) in [6.07, 6.45) is 0. The lowest BCUT2D eigenvalue weighted by atomic mass is 10.6. The first kappa shape index (κ1) is 12.0. The molecule has 6 nitrogen and oxygen atoms in total. The van der Waals surface area contributed by atoms with E-state index in [0.29, 0.717) is 5.16 Å². The fourth-order valence-electron chi connectivity index (χ4n) is 0.890. The molecule has 0 radical (unpaired) electrons. The fourth-order valence-corrected chi connectivity index (χ4v) is 1.68. The maximum atomic E-state index is 11.2. The molecule has 0 spiro atoms. The van der Waals surface area contributed by atoms with E-state index < -0.39 is 0 Å². The molecule has 1 aromatic heterocycles. The predicted octanol–water partition coefficient (Wildman–Crippen LogP) is -0.676. The predicted molar refractivity (Wildman–Crippen MR) is 56.6 cm³/mol. The lowest BCUT2D eigenvalue weighted by molar-refractivity contribution is -0.118. The van der Waals surface area contributed by atoms with Crippen LogP contribution in [0.1, 0.15) is 5.82 Å². The Balaban J connectivity index is 2.37. The van der Waals surface area contributed by atoms with Gasteiger partial charge in [-0.25, -0.2) is 0 Å². The largest absolute Gasteiger partial charge is 0.395 e. The van der Waals surface area contributed by atoms with Gasteiger partial charge in [0.15, 0.2) is 5.16 Å². The topological polar surface area (TPSA) is 80.0 Å². The normalized spacial score (nSPS) is 10.3. The molecule has 84 valence electrons. The summed E-state index contributed by atoms with van der Waals surface area (Å²) in [6.45, 7) is 2.10. The second-order valence-corrected chi connectivity index (χ2v) is 3.89. The Morgan fingerprint density at radius 3 is 2.87 bits per heavy atom. The van der Waals surface area contributed by atoms with Crippen molar-refractivity contribution in [3.05, 3.63) is 5.82 Å². The van der Waals surface area contributed by atoms with Gasteiger partial charge in [0.05, 0.1) is 12.4 Å². The molecule has 0 saturated heterocycles. The molecule has 0 saturated carbocycles. The van der Waals surface area contributed by atoms with Crippen molar-refractivity contribution in [1.82, 2.24) is 20.1 Å². The highest BCUT2D eigenvalue weighted by Gasteiger charge is 2.08. The molecule has 2 N–H and O–H groups in total. The molecule has 0 aromatic carbocycles. The third-order valence-electron chi connectivity index (χ3n) is 1.82. The van der Waals surface area contributed by atoms with E-state index in [2.05, 4.69) is 15.5 Å². The van der Waals surface area contributed by atoms with Crippen LogP contribution in [0, 0.1) is 6.92 Å². The van der Waals surface area contributed by atoms with E-state index in [0.717, 1.165) is 5.82 Å². The smallest absolute Gasteiger partial charge is 0.230 e. The van der Waals surface area contributed by atoms with Crippen LogP contribution >= 0.6 is 11.8 Å². The quantitative estimate of drug-likeness (QED) is 0.655. The Morgan fingerprint density at radius 1 is 1.60 bits per heavy atom. The summed E-state index contributed by atoms with van der Waals surface area (Å²) in [5.74, 6) is 0.981. The van der Waals surface area contributed by atoms with Gasteiger partial charge in [0.2, 0.25) is 5.91 Å². The van der Waals surface area contributed by atoms with Crippen LogP contribution in [0.15, 0.2) is 5.16 Å². The maximum Gasteiger partial charge on any atom is 0.230 e. The number of amides is 1. The number of carbonyl (C=O) groups is 1. The monoisotopic (exact) mass is 230 g/mol. The van der Waals surface area contributed by atoms with E-state index in [1.54, 1.807) is 0 Å². The van der Waals surface area contributed by atoms with Crippen molar-refractivity contribution in [2.45, 2.75) is 12.1 Å². The van der Waals surface area contributed by atoms with Gasteiger partial charge in [-0.2, -0.15) is 0 Å². The minimum Gasteiger partial charge on any atom is -0.395 e. The molecule has 1 rings (SSSR count). The van der Waals surface area contributed by atoms with Crippen LogP contribution in [-0.2, 0) is 11.8 Å². The highest BCUT2D eigenvalue weighted by molar-refractivity contribution is 7.99. The minimum absolute atomic E-state index is 0.0422. The second-order valence-electron chi connectivity index (χ2n) is 2.95. The molecule has 7 heteroatoms. The highest BCUT2D eigenvalue weighted by Crippen LogP contribution is 2.14. The van der Waals surface area contributed by atoms with Gasteiger partial charge in [-0.15, -0.1) is 10.2 Å². The van der Waals surface area contributed by atoms with Gasteiger partial charge in [-0.1, -0.05) is 11.8 Å². The average molecular weight is 230 g/mol. The van der Waals surface area contributed by atoms with Crippen molar-refractivity contribution in [1.29, 1.82) is 0 Å². The van der Waals surface area contributed by atoms with Crippen LogP contribution in [0.2, 0.25) is 0 Å².